The van der Waals surface area contributed by atoms with Crippen molar-refractivity contribution in [2.24, 2.45) is 0 Å². The molecule has 1 N–H and O–H groups in total. The van der Waals surface area contributed by atoms with Gasteiger partial charge in [-0.3, -0.25) is 0 Å². The number of nitrogens with one attached hydrogen (secondary N) is 1. The highest BCUT2D eigenvalue weighted by molar-refractivity contribution is 5.48. The van der Waals surface area contributed by atoms with E-state index in [0.29, 0.717) is 12.1 Å². The first kappa shape index (κ1) is 14.2. The normalized spacial score (nSPS) is 10.2. The summed E-state index contributed by atoms with van der Waals surface area (Å²) in [6, 6.07) is 10.6. The summed E-state index contributed by atoms with van der Waals surface area (Å²) in [6.45, 7) is 2.32. The minimum absolute atomic E-state index is 0.200. The molecule has 0 aromatic heterocycles. The predicted octanol–water partition coefficient (Wildman–Crippen LogP) is 3.76. The Balaban J connectivity index is 2.15. The summed E-state index contributed by atoms with van der Waals surface area (Å²) in [5.74, 6) is 1.37. The van der Waals surface area contributed by atoms with Gasteiger partial charge in [-0.1, -0.05) is 0 Å². The number of rotatable bonds is 5. The molecule has 4 heteroatoms. The largest absolute Gasteiger partial charge is 0.497 e. The number of hydrogen-bond acceptors (Lipinski definition) is 3. The number of hydrogen-bond donors (Lipinski definition) is 1. The van der Waals surface area contributed by atoms with Gasteiger partial charge in [0.1, 0.15) is 17.3 Å². The Morgan fingerprint density at radius 2 is 1.85 bits per heavy atom. The van der Waals surface area contributed by atoms with Crippen LogP contribution < -0.4 is 14.8 Å². The molecule has 0 radical (unpaired) electrons. The second-order valence-electron chi connectivity index (χ2n) is 4.50. The molecule has 0 fully saturated rings. The van der Waals surface area contributed by atoms with Crippen LogP contribution in [0.15, 0.2) is 36.4 Å². The average molecular weight is 275 g/mol. The van der Waals surface area contributed by atoms with Crippen molar-refractivity contribution in [2.75, 3.05) is 19.5 Å². The van der Waals surface area contributed by atoms with Gasteiger partial charge < -0.3 is 14.8 Å². The summed E-state index contributed by atoms with van der Waals surface area (Å²) in [5, 5.41) is 3.25. The van der Waals surface area contributed by atoms with E-state index in [1.165, 1.54) is 6.07 Å². The van der Waals surface area contributed by atoms with Crippen molar-refractivity contribution in [3.05, 3.63) is 53.3 Å². The summed E-state index contributed by atoms with van der Waals surface area (Å²) in [5.41, 5.74) is 2.47. The standard InChI is InChI=1S/C16H18FNO2/c1-11-8-13(4-6-15(11)17)18-10-12-9-14(19-2)5-7-16(12)20-3/h4-9,18H,10H2,1-3H3. The van der Waals surface area contributed by atoms with Gasteiger partial charge in [0.2, 0.25) is 0 Å². The molecule has 0 aliphatic heterocycles. The lowest BCUT2D eigenvalue weighted by Gasteiger charge is -2.12. The minimum Gasteiger partial charge on any atom is -0.497 e. The van der Waals surface area contributed by atoms with Crippen molar-refractivity contribution >= 4 is 5.69 Å². The lowest BCUT2D eigenvalue weighted by molar-refractivity contribution is 0.399. The third-order valence-corrected chi connectivity index (χ3v) is 3.13. The van der Waals surface area contributed by atoms with E-state index in [-0.39, 0.29) is 5.82 Å². The van der Waals surface area contributed by atoms with Gasteiger partial charge in [-0.05, 0) is 48.9 Å². The van der Waals surface area contributed by atoms with Crippen LogP contribution in [0.1, 0.15) is 11.1 Å². The van der Waals surface area contributed by atoms with E-state index in [0.717, 1.165) is 22.7 Å². The van der Waals surface area contributed by atoms with Crippen LogP contribution in [0, 0.1) is 12.7 Å². The SMILES string of the molecule is COc1ccc(OC)c(CNc2ccc(F)c(C)c2)c1. The fourth-order valence-electron chi connectivity index (χ4n) is 1.97. The molecular weight excluding hydrogens is 257 g/mol. The lowest BCUT2D eigenvalue weighted by Crippen LogP contribution is -2.02. The van der Waals surface area contributed by atoms with Crippen LogP contribution in [0.5, 0.6) is 11.5 Å². The van der Waals surface area contributed by atoms with E-state index < -0.39 is 0 Å². The zero-order valence-electron chi connectivity index (χ0n) is 11.9. The molecule has 3 nitrogen and oxygen atoms in total. The second kappa shape index (κ2) is 6.28. The first-order chi connectivity index (χ1) is 9.63. The molecule has 0 amide bonds. The number of ether oxygens (including phenoxy) is 2. The first-order valence-corrected chi connectivity index (χ1v) is 6.35. The zero-order valence-corrected chi connectivity index (χ0v) is 11.9. The molecule has 0 atom stereocenters. The predicted molar refractivity (Wildman–Crippen MR) is 78.0 cm³/mol. The Hall–Kier alpha value is -2.23. The summed E-state index contributed by atoms with van der Waals surface area (Å²) in [6.07, 6.45) is 0. The molecule has 0 unspecified atom stereocenters. The van der Waals surface area contributed by atoms with Crippen molar-refractivity contribution in [2.45, 2.75) is 13.5 Å². The van der Waals surface area contributed by atoms with Gasteiger partial charge in [-0.15, -0.1) is 0 Å². The van der Waals surface area contributed by atoms with Crippen LogP contribution in [0.2, 0.25) is 0 Å². The number of benzene rings is 2. The molecule has 0 bridgehead atoms. The number of anilines is 1. The van der Waals surface area contributed by atoms with Gasteiger partial charge in [0.15, 0.2) is 0 Å². The van der Waals surface area contributed by atoms with Gasteiger partial charge in [-0.2, -0.15) is 0 Å². The van der Waals surface area contributed by atoms with Crippen molar-refractivity contribution in [3.63, 3.8) is 0 Å². The third kappa shape index (κ3) is 3.20. The summed E-state index contributed by atoms with van der Waals surface area (Å²) < 4.78 is 23.7. The van der Waals surface area contributed by atoms with Crippen molar-refractivity contribution in [1.82, 2.24) is 0 Å². The van der Waals surface area contributed by atoms with Gasteiger partial charge in [0, 0.05) is 17.8 Å². The summed E-state index contributed by atoms with van der Waals surface area (Å²) in [4.78, 5) is 0. The highest BCUT2D eigenvalue weighted by atomic mass is 19.1. The van der Waals surface area contributed by atoms with Crippen LogP contribution in [-0.2, 0) is 6.54 Å². The van der Waals surface area contributed by atoms with Gasteiger partial charge in [0.25, 0.3) is 0 Å². The molecule has 2 aromatic carbocycles. The highest BCUT2D eigenvalue weighted by Crippen LogP contribution is 2.25. The second-order valence-corrected chi connectivity index (χ2v) is 4.50. The molecule has 0 aliphatic carbocycles. The van der Waals surface area contributed by atoms with Crippen LogP contribution in [-0.4, -0.2) is 14.2 Å². The molecule has 2 rings (SSSR count). The fraction of sp³-hybridized carbons (Fsp3) is 0.250. The smallest absolute Gasteiger partial charge is 0.126 e. The monoisotopic (exact) mass is 275 g/mol. The fourth-order valence-corrected chi connectivity index (χ4v) is 1.97. The Bertz CT molecular complexity index is 599. The number of methoxy groups -OCH3 is 2. The molecule has 0 saturated carbocycles. The third-order valence-electron chi connectivity index (χ3n) is 3.13. The maximum absolute atomic E-state index is 13.2. The topological polar surface area (TPSA) is 30.5 Å². The van der Waals surface area contributed by atoms with Crippen molar-refractivity contribution in [1.29, 1.82) is 0 Å². The Labute approximate surface area is 118 Å². The quantitative estimate of drug-likeness (QED) is 0.901. The number of halogens is 1. The maximum atomic E-state index is 13.2. The zero-order chi connectivity index (χ0) is 14.5. The minimum atomic E-state index is -0.200. The van der Waals surface area contributed by atoms with Crippen molar-refractivity contribution < 1.29 is 13.9 Å². The molecular formula is C16H18FNO2. The summed E-state index contributed by atoms with van der Waals surface area (Å²) in [7, 11) is 3.26. The molecule has 20 heavy (non-hydrogen) atoms. The van der Waals surface area contributed by atoms with Crippen LogP contribution in [0.4, 0.5) is 10.1 Å². The van der Waals surface area contributed by atoms with E-state index in [1.54, 1.807) is 33.3 Å². The molecule has 106 valence electrons. The van der Waals surface area contributed by atoms with E-state index >= 15 is 0 Å². The summed E-state index contributed by atoms with van der Waals surface area (Å²) >= 11 is 0. The van der Waals surface area contributed by atoms with Crippen LogP contribution >= 0.6 is 0 Å². The van der Waals surface area contributed by atoms with Gasteiger partial charge in [0.05, 0.1) is 14.2 Å². The van der Waals surface area contributed by atoms with E-state index in [1.807, 2.05) is 18.2 Å². The first-order valence-electron chi connectivity index (χ1n) is 6.35. The lowest BCUT2D eigenvalue weighted by atomic mass is 10.1. The Morgan fingerprint density at radius 3 is 2.50 bits per heavy atom. The van der Waals surface area contributed by atoms with Gasteiger partial charge >= 0.3 is 0 Å². The molecule has 0 spiro atoms. The van der Waals surface area contributed by atoms with Crippen LogP contribution in [0.3, 0.4) is 0 Å². The maximum Gasteiger partial charge on any atom is 0.126 e. The van der Waals surface area contributed by atoms with Crippen LogP contribution in [0.25, 0.3) is 0 Å². The highest BCUT2D eigenvalue weighted by Gasteiger charge is 2.05. The van der Waals surface area contributed by atoms with E-state index in [2.05, 4.69) is 5.32 Å². The molecule has 0 heterocycles. The molecule has 0 aliphatic rings. The average Bonchev–Trinajstić information content (AvgIpc) is 2.48. The number of aryl methyl sites for hydroxylation is 1. The van der Waals surface area contributed by atoms with E-state index in [4.69, 9.17) is 9.47 Å². The molecule has 2 aromatic rings. The Morgan fingerprint density at radius 1 is 1.05 bits per heavy atom. The molecule has 0 saturated heterocycles. The van der Waals surface area contributed by atoms with E-state index in [9.17, 15) is 4.39 Å². The van der Waals surface area contributed by atoms with Crippen molar-refractivity contribution in [3.8, 4) is 11.5 Å². The van der Waals surface area contributed by atoms with Gasteiger partial charge in [-0.25, -0.2) is 4.39 Å². The Kier molecular flexibility index (Phi) is 4.45.